The smallest absolute Gasteiger partial charge is 0.338 e. The first-order valence-electron chi connectivity index (χ1n) is 11.1. The zero-order valence-electron chi connectivity index (χ0n) is 18.1. The van der Waals surface area contributed by atoms with E-state index in [1.807, 2.05) is 24.3 Å². The number of pyridine rings is 1. The number of urea groups is 1. The highest BCUT2D eigenvalue weighted by Gasteiger charge is 2.35. The quantitative estimate of drug-likeness (QED) is 0.642. The number of phenols is 1. The number of hydrogen-bond acceptors (Lipinski definition) is 7. The second-order valence-corrected chi connectivity index (χ2v) is 8.17. The van der Waals surface area contributed by atoms with E-state index in [0.29, 0.717) is 17.9 Å². The van der Waals surface area contributed by atoms with E-state index >= 15 is 0 Å². The lowest BCUT2D eigenvalue weighted by molar-refractivity contribution is 0.179. The third-order valence-electron chi connectivity index (χ3n) is 6.07. The van der Waals surface area contributed by atoms with Gasteiger partial charge in [-0.15, -0.1) is 0 Å². The van der Waals surface area contributed by atoms with Crippen LogP contribution in [0.3, 0.4) is 0 Å². The minimum Gasteiger partial charge on any atom is -0.508 e. The topological polar surface area (TPSA) is 107 Å². The number of hydrazone groups is 1. The average Bonchev–Trinajstić information content (AvgIpc) is 3.31. The lowest BCUT2D eigenvalue weighted by Gasteiger charge is -2.33. The van der Waals surface area contributed by atoms with Gasteiger partial charge in [-0.25, -0.2) is 19.8 Å². The molecule has 3 aromatic rings. The molecule has 4 heterocycles. The Bertz CT molecular complexity index is 1130. The van der Waals surface area contributed by atoms with E-state index < -0.39 is 0 Å². The first kappa shape index (κ1) is 20.9. The number of carbonyl (C=O) groups excluding carboxylic acids is 1. The minimum absolute atomic E-state index is 0.0279. The number of para-hydroxylation sites is 1. The fourth-order valence-corrected chi connectivity index (χ4v) is 4.34. The first-order valence-corrected chi connectivity index (χ1v) is 11.1. The molecule has 9 heteroatoms. The summed E-state index contributed by atoms with van der Waals surface area (Å²) in [7, 11) is 0. The van der Waals surface area contributed by atoms with Crippen LogP contribution in [0.4, 0.5) is 10.7 Å². The molecule has 5 rings (SSSR count). The Balaban J connectivity index is 1.31. The molecule has 0 aliphatic carbocycles. The number of aromatic nitrogens is 3. The largest absolute Gasteiger partial charge is 0.508 e. The molecule has 33 heavy (non-hydrogen) atoms. The standard InChI is InChI=1S/C24H25N7O2/c32-22-7-2-1-6-19(22)21-15-20(17-5-3-10-25-16-17)29-31(21)24(33)28-18-8-13-30(14-9-18)23-26-11-4-12-27-23/h1-7,10-12,16,18,21,32H,8-9,13-15H2,(H,28,33). The van der Waals surface area contributed by atoms with Crippen LogP contribution in [0.25, 0.3) is 0 Å². The van der Waals surface area contributed by atoms with Gasteiger partial charge in [0, 0.05) is 61.5 Å². The molecule has 168 valence electrons. The predicted molar refractivity (Wildman–Crippen MR) is 124 cm³/mol. The summed E-state index contributed by atoms with van der Waals surface area (Å²) in [6.45, 7) is 1.53. The van der Waals surface area contributed by atoms with Gasteiger partial charge in [-0.05, 0) is 31.0 Å². The second kappa shape index (κ2) is 9.23. The van der Waals surface area contributed by atoms with Crippen molar-refractivity contribution in [2.45, 2.75) is 31.3 Å². The van der Waals surface area contributed by atoms with Gasteiger partial charge in [0.05, 0.1) is 11.8 Å². The third-order valence-corrected chi connectivity index (χ3v) is 6.07. The van der Waals surface area contributed by atoms with Gasteiger partial charge in [0.25, 0.3) is 0 Å². The molecular weight excluding hydrogens is 418 g/mol. The number of amides is 2. The van der Waals surface area contributed by atoms with Crippen molar-refractivity contribution in [1.29, 1.82) is 0 Å². The molecule has 2 amide bonds. The summed E-state index contributed by atoms with van der Waals surface area (Å²) in [5.74, 6) is 0.867. The molecule has 0 bridgehead atoms. The molecule has 0 radical (unpaired) electrons. The molecule has 2 aliphatic heterocycles. The number of nitrogens with zero attached hydrogens (tertiary/aromatic N) is 6. The van der Waals surface area contributed by atoms with Crippen LogP contribution >= 0.6 is 0 Å². The maximum atomic E-state index is 13.3. The third kappa shape index (κ3) is 4.48. The number of benzene rings is 1. The molecule has 1 atom stereocenters. The Morgan fingerprint density at radius 2 is 1.79 bits per heavy atom. The molecule has 9 nitrogen and oxygen atoms in total. The number of hydrogen-bond donors (Lipinski definition) is 2. The molecule has 1 fully saturated rings. The first-order chi connectivity index (χ1) is 16.2. The van der Waals surface area contributed by atoms with Crippen LogP contribution in [0, 0.1) is 0 Å². The molecular formula is C24H25N7O2. The molecule has 0 spiro atoms. The minimum atomic E-state index is -0.390. The van der Waals surface area contributed by atoms with E-state index in [1.165, 1.54) is 5.01 Å². The van der Waals surface area contributed by atoms with Gasteiger partial charge >= 0.3 is 6.03 Å². The number of piperidine rings is 1. The number of rotatable bonds is 4. The summed E-state index contributed by atoms with van der Waals surface area (Å²) in [4.78, 5) is 28.2. The number of nitrogens with one attached hydrogen (secondary N) is 1. The van der Waals surface area contributed by atoms with Gasteiger partial charge in [0.2, 0.25) is 5.95 Å². The highest BCUT2D eigenvalue weighted by molar-refractivity contribution is 6.02. The van der Waals surface area contributed by atoms with Crippen molar-refractivity contribution in [1.82, 2.24) is 25.3 Å². The van der Waals surface area contributed by atoms with Gasteiger partial charge in [-0.1, -0.05) is 24.3 Å². The van der Waals surface area contributed by atoms with Crippen molar-refractivity contribution >= 4 is 17.7 Å². The zero-order chi connectivity index (χ0) is 22.6. The van der Waals surface area contributed by atoms with Crippen LogP contribution in [0.1, 0.15) is 36.4 Å². The molecule has 1 aromatic carbocycles. The Hall–Kier alpha value is -4.01. The Kier molecular flexibility index (Phi) is 5.84. The van der Waals surface area contributed by atoms with Crippen LogP contribution in [0.5, 0.6) is 5.75 Å². The van der Waals surface area contributed by atoms with Crippen LogP contribution in [0.15, 0.2) is 72.4 Å². The normalized spacial score (nSPS) is 18.8. The van der Waals surface area contributed by atoms with Crippen LogP contribution < -0.4 is 10.2 Å². The molecule has 2 N–H and O–H groups in total. The lowest BCUT2D eigenvalue weighted by atomic mass is 9.98. The van der Waals surface area contributed by atoms with Crippen molar-refractivity contribution in [3.63, 3.8) is 0 Å². The summed E-state index contributed by atoms with van der Waals surface area (Å²) in [6, 6.07) is 12.0. The average molecular weight is 444 g/mol. The van der Waals surface area contributed by atoms with Crippen LogP contribution in [0.2, 0.25) is 0 Å². The maximum absolute atomic E-state index is 13.3. The van der Waals surface area contributed by atoms with Crippen molar-refractivity contribution in [3.8, 4) is 5.75 Å². The maximum Gasteiger partial charge on any atom is 0.338 e. The Morgan fingerprint density at radius 3 is 2.52 bits per heavy atom. The SMILES string of the molecule is O=C(NC1CCN(c2ncccn2)CC1)N1N=C(c2cccnc2)CC1c1ccccc1O. The molecule has 2 aliphatic rings. The van der Waals surface area contributed by atoms with Gasteiger partial charge in [0.15, 0.2) is 0 Å². The van der Waals surface area contributed by atoms with Crippen LogP contribution in [-0.4, -0.2) is 55.9 Å². The number of phenolic OH excluding ortho intramolecular Hbond substituents is 1. The van der Waals surface area contributed by atoms with Crippen molar-refractivity contribution in [3.05, 3.63) is 78.4 Å². The van der Waals surface area contributed by atoms with Gasteiger partial charge in [-0.2, -0.15) is 5.10 Å². The molecule has 0 saturated carbocycles. The summed E-state index contributed by atoms with van der Waals surface area (Å²) in [5.41, 5.74) is 2.30. The predicted octanol–water partition coefficient (Wildman–Crippen LogP) is 3.11. The van der Waals surface area contributed by atoms with E-state index in [9.17, 15) is 9.90 Å². The number of carbonyl (C=O) groups is 1. The fourth-order valence-electron chi connectivity index (χ4n) is 4.34. The summed E-state index contributed by atoms with van der Waals surface area (Å²) in [5, 5.41) is 19.7. The Morgan fingerprint density at radius 1 is 1.00 bits per heavy atom. The molecule has 2 aromatic heterocycles. The van der Waals surface area contributed by atoms with Crippen LogP contribution in [-0.2, 0) is 0 Å². The van der Waals surface area contributed by atoms with E-state index in [4.69, 9.17) is 0 Å². The van der Waals surface area contributed by atoms with E-state index in [1.54, 1.807) is 43.0 Å². The van der Waals surface area contributed by atoms with Gasteiger partial charge in [0.1, 0.15) is 5.75 Å². The van der Waals surface area contributed by atoms with Gasteiger partial charge < -0.3 is 15.3 Å². The monoisotopic (exact) mass is 443 g/mol. The highest BCUT2D eigenvalue weighted by atomic mass is 16.3. The van der Waals surface area contributed by atoms with E-state index in [2.05, 4.69) is 30.3 Å². The summed E-state index contributed by atoms with van der Waals surface area (Å²) in [6.07, 6.45) is 9.00. The number of anilines is 1. The van der Waals surface area contributed by atoms with E-state index in [-0.39, 0.29) is 23.9 Å². The van der Waals surface area contributed by atoms with Crippen molar-refractivity contribution < 1.29 is 9.90 Å². The zero-order valence-corrected chi connectivity index (χ0v) is 18.1. The summed E-state index contributed by atoms with van der Waals surface area (Å²) >= 11 is 0. The van der Waals surface area contributed by atoms with Crippen molar-refractivity contribution in [2.75, 3.05) is 18.0 Å². The molecule has 1 unspecified atom stereocenters. The summed E-state index contributed by atoms with van der Waals surface area (Å²) < 4.78 is 0. The fraction of sp³-hybridized carbons (Fsp3) is 0.292. The highest BCUT2D eigenvalue weighted by Crippen LogP contribution is 2.36. The Labute approximate surface area is 191 Å². The van der Waals surface area contributed by atoms with Crippen molar-refractivity contribution in [2.24, 2.45) is 5.10 Å². The molecule has 1 saturated heterocycles. The lowest BCUT2D eigenvalue weighted by Crippen LogP contribution is -2.48. The second-order valence-electron chi connectivity index (χ2n) is 8.17. The number of aromatic hydroxyl groups is 1. The van der Waals surface area contributed by atoms with Gasteiger partial charge in [-0.3, -0.25) is 4.98 Å². The van der Waals surface area contributed by atoms with E-state index in [0.717, 1.165) is 37.2 Å².